The van der Waals surface area contributed by atoms with Gasteiger partial charge in [0.05, 0.1) is 6.33 Å². The minimum Gasteiger partial charge on any atom is -0.332 e. The number of carbonyl (C=O) groups is 2. The van der Waals surface area contributed by atoms with Crippen LogP contribution in [0.5, 0.6) is 0 Å². The third-order valence-electron chi connectivity index (χ3n) is 5.26. The van der Waals surface area contributed by atoms with Crippen molar-refractivity contribution >= 4 is 23.2 Å². The summed E-state index contributed by atoms with van der Waals surface area (Å²) >= 11 is 0. The first-order chi connectivity index (χ1) is 14.6. The zero-order valence-electron chi connectivity index (χ0n) is 16.5. The first-order valence-corrected chi connectivity index (χ1v) is 10.1. The number of nitrogens with one attached hydrogen (secondary N) is 2. The Kier molecular flexibility index (Phi) is 5.88. The van der Waals surface area contributed by atoms with Crippen molar-refractivity contribution < 1.29 is 14.0 Å². The molecule has 0 bridgehead atoms. The summed E-state index contributed by atoms with van der Waals surface area (Å²) in [6, 6.07) is 13.4. The standard InChI is InChI=1S/C23H23FN4O2/c24-18-6-3-7-20(12-18)27-23(30)21-14-28(15-25-21)13-16-8-10-19(11-9-16)26-22(29)17-4-1-2-5-17/h3,6-12,14-15,17H,1-2,4-5,13H2,(H,26,29)(H,27,30). The third-order valence-corrected chi connectivity index (χ3v) is 5.26. The molecule has 2 aromatic carbocycles. The van der Waals surface area contributed by atoms with Gasteiger partial charge in [-0.15, -0.1) is 0 Å². The molecule has 4 rings (SSSR count). The molecule has 3 aromatic rings. The van der Waals surface area contributed by atoms with E-state index in [4.69, 9.17) is 0 Å². The third kappa shape index (κ3) is 4.92. The molecular formula is C23H23FN4O2. The fraction of sp³-hybridized carbons (Fsp3) is 0.261. The van der Waals surface area contributed by atoms with E-state index in [1.165, 1.54) is 18.2 Å². The number of rotatable bonds is 6. The fourth-order valence-electron chi connectivity index (χ4n) is 3.66. The maximum absolute atomic E-state index is 13.2. The van der Waals surface area contributed by atoms with Crippen molar-refractivity contribution in [1.29, 1.82) is 0 Å². The molecule has 2 N–H and O–H groups in total. The van der Waals surface area contributed by atoms with Crippen molar-refractivity contribution in [3.8, 4) is 0 Å². The summed E-state index contributed by atoms with van der Waals surface area (Å²) in [5, 5.41) is 5.61. The number of halogens is 1. The van der Waals surface area contributed by atoms with E-state index in [9.17, 15) is 14.0 Å². The molecule has 2 amide bonds. The zero-order chi connectivity index (χ0) is 20.9. The molecule has 0 aliphatic heterocycles. The highest BCUT2D eigenvalue weighted by Crippen LogP contribution is 2.26. The lowest BCUT2D eigenvalue weighted by Crippen LogP contribution is -2.20. The van der Waals surface area contributed by atoms with Crippen LogP contribution in [-0.4, -0.2) is 21.4 Å². The Hall–Kier alpha value is -3.48. The van der Waals surface area contributed by atoms with Gasteiger partial charge < -0.3 is 15.2 Å². The van der Waals surface area contributed by atoms with Crippen LogP contribution < -0.4 is 10.6 Å². The van der Waals surface area contributed by atoms with Crippen LogP contribution in [0.1, 0.15) is 41.7 Å². The lowest BCUT2D eigenvalue weighted by atomic mass is 10.1. The van der Waals surface area contributed by atoms with Gasteiger partial charge in [-0.1, -0.05) is 31.0 Å². The smallest absolute Gasteiger partial charge is 0.275 e. The minimum atomic E-state index is -0.416. The van der Waals surface area contributed by atoms with Gasteiger partial charge in [-0.25, -0.2) is 9.37 Å². The summed E-state index contributed by atoms with van der Waals surface area (Å²) in [5.41, 5.74) is 2.43. The Morgan fingerprint density at radius 3 is 2.53 bits per heavy atom. The van der Waals surface area contributed by atoms with Crippen LogP contribution in [0.15, 0.2) is 61.1 Å². The van der Waals surface area contributed by atoms with E-state index in [0.29, 0.717) is 12.2 Å². The molecule has 0 radical (unpaired) electrons. The maximum atomic E-state index is 13.2. The highest BCUT2D eigenvalue weighted by atomic mass is 19.1. The van der Waals surface area contributed by atoms with E-state index >= 15 is 0 Å². The SMILES string of the molecule is O=C(Nc1cccc(F)c1)c1cn(Cc2ccc(NC(=O)C3CCCC3)cc2)cn1. The summed E-state index contributed by atoms with van der Waals surface area (Å²) in [5.74, 6) is -0.582. The van der Waals surface area contributed by atoms with Crippen molar-refractivity contribution in [3.05, 3.63) is 78.1 Å². The van der Waals surface area contributed by atoms with Crippen LogP contribution in [0.25, 0.3) is 0 Å². The van der Waals surface area contributed by atoms with Crippen LogP contribution in [0, 0.1) is 11.7 Å². The summed E-state index contributed by atoms with van der Waals surface area (Å²) in [7, 11) is 0. The van der Waals surface area contributed by atoms with Gasteiger partial charge >= 0.3 is 0 Å². The number of imidazole rings is 1. The fourth-order valence-corrected chi connectivity index (χ4v) is 3.66. The molecule has 0 spiro atoms. The number of hydrogen-bond donors (Lipinski definition) is 2. The second-order valence-electron chi connectivity index (χ2n) is 7.56. The van der Waals surface area contributed by atoms with Gasteiger partial charge in [0.15, 0.2) is 0 Å². The summed E-state index contributed by atoms with van der Waals surface area (Å²) in [6.07, 6.45) is 7.42. The van der Waals surface area contributed by atoms with E-state index < -0.39 is 11.7 Å². The molecule has 1 heterocycles. The number of anilines is 2. The molecule has 1 aromatic heterocycles. The van der Waals surface area contributed by atoms with E-state index in [-0.39, 0.29) is 17.5 Å². The van der Waals surface area contributed by atoms with E-state index in [0.717, 1.165) is 36.9 Å². The van der Waals surface area contributed by atoms with Crippen LogP contribution in [0.2, 0.25) is 0 Å². The molecule has 30 heavy (non-hydrogen) atoms. The summed E-state index contributed by atoms with van der Waals surface area (Å²) in [4.78, 5) is 28.7. The predicted molar refractivity (Wildman–Crippen MR) is 113 cm³/mol. The largest absolute Gasteiger partial charge is 0.332 e. The number of hydrogen-bond acceptors (Lipinski definition) is 3. The monoisotopic (exact) mass is 406 g/mol. The number of amides is 2. The molecule has 1 saturated carbocycles. The van der Waals surface area contributed by atoms with Gasteiger partial charge in [-0.3, -0.25) is 9.59 Å². The van der Waals surface area contributed by atoms with Gasteiger partial charge in [0.25, 0.3) is 5.91 Å². The second-order valence-corrected chi connectivity index (χ2v) is 7.56. The van der Waals surface area contributed by atoms with Crippen molar-refractivity contribution in [2.75, 3.05) is 10.6 Å². The van der Waals surface area contributed by atoms with Crippen molar-refractivity contribution in [2.24, 2.45) is 5.92 Å². The number of nitrogens with zero attached hydrogens (tertiary/aromatic N) is 2. The maximum Gasteiger partial charge on any atom is 0.275 e. The second kappa shape index (κ2) is 8.90. The van der Waals surface area contributed by atoms with Crippen LogP contribution in [0.3, 0.4) is 0 Å². The lowest BCUT2D eigenvalue weighted by Gasteiger charge is -2.11. The Balaban J connectivity index is 1.34. The Morgan fingerprint density at radius 2 is 1.80 bits per heavy atom. The summed E-state index contributed by atoms with van der Waals surface area (Å²) < 4.78 is 15.0. The van der Waals surface area contributed by atoms with Crippen LogP contribution in [-0.2, 0) is 11.3 Å². The van der Waals surface area contributed by atoms with Gasteiger partial charge in [-0.2, -0.15) is 0 Å². The molecule has 0 unspecified atom stereocenters. The Bertz CT molecular complexity index is 1040. The van der Waals surface area contributed by atoms with Gasteiger partial charge in [0.2, 0.25) is 5.91 Å². The summed E-state index contributed by atoms with van der Waals surface area (Å²) in [6.45, 7) is 0.539. The molecule has 0 atom stereocenters. The average molecular weight is 406 g/mol. The Morgan fingerprint density at radius 1 is 1.03 bits per heavy atom. The highest BCUT2D eigenvalue weighted by molar-refractivity contribution is 6.02. The molecule has 0 saturated heterocycles. The minimum absolute atomic E-state index is 0.101. The highest BCUT2D eigenvalue weighted by Gasteiger charge is 2.22. The normalized spacial score (nSPS) is 13.9. The lowest BCUT2D eigenvalue weighted by molar-refractivity contribution is -0.119. The van der Waals surface area contributed by atoms with Gasteiger partial charge in [0.1, 0.15) is 11.5 Å². The van der Waals surface area contributed by atoms with Gasteiger partial charge in [-0.05, 0) is 48.7 Å². The number of aromatic nitrogens is 2. The van der Waals surface area contributed by atoms with Crippen LogP contribution >= 0.6 is 0 Å². The first-order valence-electron chi connectivity index (χ1n) is 10.1. The van der Waals surface area contributed by atoms with Crippen LogP contribution in [0.4, 0.5) is 15.8 Å². The van der Waals surface area contributed by atoms with E-state index in [1.54, 1.807) is 23.2 Å². The molecule has 1 aliphatic rings. The quantitative estimate of drug-likeness (QED) is 0.635. The zero-order valence-corrected chi connectivity index (χ0v) is 16.5. The molecule has 6 nitrogen and oxygen atoms in total. The average Bonchev–Trinajstić information content (AvgIpc) is 3.42. The molecule has 154 valence electrons. The predicted octanol–water partition coefficient (Wildman–Crippen LogP) is 4.45. The number of carbonyl (C=O) groups excluding carboxylic acids is 2. The molecule has 1 fully saturated rings. The van der Waals surface area contributed by atoms with E-state index in [2.05, 4.69) is 15.6 Å². The van der Waals surface area contributed by atoms with Gasteiger partial charge in [0, 0.05) is 30.0 Å². The van der Waals surface area contributed by atoms with Crippen molar-refractivity contribution in [1.82, 2.24) is 9.55 Å². The van der Waals surface area contributed by atoms with Crippen molar-refractivity contribution in [2.45, 2.75) is 32.2 Å². The first kappa shape index (κ1) is 19.8. The van der Waals surface area contributed by atoms with E-state index in [1.807, 2.05) is 24.3 Å². The molecule has 1 aliphatic carbocycles. The van der Waals surface area contributed by atoms with Crippen molar-refractivity contribution in [3.63, 3.8) is 0 Å². The Labute approximate surface area is 174 Å². The molecular weight excluding hydrogens is 383 g/mol. The number of benzene rings is 2. The molecule has 7 heteroatoms. The topological polar surface area (TPSA) is 76.0 Å².